The molecule has 5 nitrogen and oxygen atoms in total. The SMILES string of the molecule is Nc1cc(N)nc(N2CCOCC2)c1. The fraction of sp³-hybridized carbons (Fsp3) is 0.444. The van der Waals surface area contributed by atoms with Crippen molar-refractivity contribution >= 4 is 17.3 Å². The second-order valence-corrected chi connectivity index (χ2v) is 3.28. The van der Waals surface area contributed by atoms with E-state index in [1.807, 2.05) is 6.07 Å². The van der Waals surface area contributed by atoms with Crippen LogP contribution in [-0.2, 0) is 4.74 Å². The predicted octanol–water partition coefficient (Wildman–Crippen LogP) is 0.0826. The number of nitrogen functional groups attached to an aromatic ring is 2. The number of nitrogens with zero attached hydrogens (tertiary/aromatic N) is 2. The average molecular weight is 194 g/mol. The highest BCUT2D eigenvalue weighted by atomic mass is 16.5. The molecule has 76 valence electrons. The van der Waals surface area contributed by atoms with Crippen molar-refractivity contribution in [2.45, 2.75) is 0 Å². The molecule has 0 amide bonds. The van der Waals surface area contributed by atoms with E-state index in [4.69, 9.17) is 16.2 Å². The largest absolute Gasteiger partial charge is 0.399 e. The molecule has 1 aromatic rings. The van der Waals surface area contributed by atoms with Crippen LogP contribution >= 0.6 is 0 Å². The van der Waals surface area contributed by atoms with Gasteiger partial charge in [-0.1, -0.05) is 0 Å². The molecule has 0 aromatic carbocycles. The van der Waals surface area contributed by atoms with Gasteiger partial charge in [0, 0.05) is 30.9 Å². The quantitative estimate of drug-likeness (QED) is 0.662. The van der Waals surface area contributed by atoms with Crippen LogP contribution in [0.2, 0.25) is 0 Å². The summed E-state index contributed by atoms with van der Waals surface area (Å²) in [6.45, 7) is 3.15. The third-order valence-corrected chi connectivity index (χ3v) is 2.19. The Bertz CT molecular complexity index is 302. The van der Waals surface area contributed by atoms with Crippen LogP contribution in [0.1, 0.15) is 0 Å². The van der Waals surface area contributed by atoms with Crippen LogP contribution in [0.4, 0.5) is 17.3 Å². The molecule has 4 N–H and O–H groups in total. The van der Waals surface area contributed by atoms with Gasteiger partial charge in [0.1, 0.15) is 11.6 Å². The molecule has 2 heterocycles. The second kappa shape index (κ2) is 3.71. The lowest BCUT2D eigenvalue weighted by Crippen LogP contribution is -2.36. The summed E-state index contributed by atoms with van der Waals surface area (Å²) < 4.78 is 5.25. The number of ether oxygens (including phenoxy) is 1. The van der Waals surface area contributed by atoms with Gasteiger partial charge in [0.2, 0.25) is 0 Å². The molecule has 0 aliphatic carbocycles. The molecule has 0 saturated carbocycles. The number of hydrogen-bond donors (Lipinski definition) is 2. The van der Waals surface area contributed by atoms with Crippen LogP contribution in [0.3, 0.4) is 0 Å². The molecule has 0 spiro atoms. The standard InChI is InChI=1S/C9H14N4O/c10-7-5-8(11)12-9(6-7)13-1-3-14-4-2-13/h5-6H,1-4H2,(H4,10,11,12). The first-order valence-electron chi connectivity index (χ1n) is 4.61. The third kappa shape index (κ3) is 1.88. The van der Waals surface area contributed by atoms with E-state index in [1.54, 1.807) is 6.07 Å². The molecular formula is C9H14N4O. The number of hydrogen-bond acceptors (Lipinski definition) is 5. The molecule has 0 radical (unpaired) electrons. The lowest BCUT2D eigenvalue weighted by Gasteiger charge is -2.28. The summed E-state index contributed by atoms with van der Waals surface area (Å²) in [5.74, 6) is 1.30. The van der Waals surface area contributed by atoms with Crippen LogP contribution in [0.15, 0.2) is 12.1 Å². The summed E-state index contributed by atoms with van der Waals surface area (Å²) in [6.07, 6.45) is 0. The zero-order valence-corrected chi connectivity index (χ0v) is 7.94. The molecule has 0 bridgehead atoms. The van der Waals surface area contributed by atoms with Crippen LogP contribution in [0.25, 0.3) is 0 Å². The van der Waals surface area contributed by atoms with Crippen LogP contribution in [-0.4, -0.2) is 31.3 Å². The van der Waals surface area contributed by atoms with E-state index in [0.29, 0.717) is 11.5 Å². The molecule has 0 unspecified atom stereocenters. The van der Waals surface area contributed by atoms with Gasteiger partial charge in [0.15, 0.2) is 0 Å². The molecule has 1 fully saturated rings. The molecule has 14 heavy (non-hydrogen) atoms. The second-order valence-electron chi connectivity index (χ2n) is 3.28. The van der Waals surface area contributed by atoms with Gasteiger partial charge in [-0.05, 0) is 0 Å². The molecule has 1 saturated heterocycles. The first-order chi connectivity index (χ1) is 6.75. The highest BCUT2D eigenvalue weighted by Gasteiger charge is 2.12. The van der Waals surface area contributed by atoms with Gasteiger partial charge in [0.25, 0.3) is 0 Å². The van der Waals surface area contributed by atoms with Crippen molar-refractivity contribution in [1.82, 2.24) is 4.98 Å². The van der Waals surface area contributed by atoms with E-state index in [-0.39, 0.29) is 0 Å². The minimum absolute atomic E-state index is 0.464. The lowest BCUT2D eigenvalue weighted by atomic mass is 10.3. The minimum Gasteiger partial charge on any atom is -0.399 e. The smallest absolute Gasteiger partial charge is 0.133 e. The number of morpholine rings is 1. The van der Waals surface area contributed by atoms with E-state index < -0.39 is 0 Å². The van der Waals surface area contributed by atoms with E-state index >= 15 is 0 Å². The first kappa shape index (κ1) is 9.08. The molecule has 0 atom stereocenters. The Morgan fingerprint density at radius 2 is 1.93 bits per heavy atom. The summed E-state index contributed by atoms with van der Waals surface area (Å²) >= 11 is 0. The zero-order chi connectivity index (χ0) is 9.97. The van der Waals surface area contributed by atoms with Crippen LogP contribution < -0.4 is 16.4 Å². The maximum atomic E-state index is 5.69. The van der Waals surface area contributed by atoms with E-state index in [1.165, 1.54) is 0 Å². The number of pyridine rings is 1. The maximum absolute atomic E-state index is 5.69. The normalized spacial score (nSPS) is 17.0. The number of rotatable bonds is 1. The first-order valence-corrected chi connectivity index (χ1v) is 4.61. The fourth-order valence-electron chi connectivity index (χ4n) is 1.51. The third-order valence-electron chi connectivity index (χ3n) is 2.19. The van der Waals surface area contributed by atoms with Crippen molar-refractivity contribution < 1.29 is 4.74 Å². The Morgan fingerprint density at radius 1 is 1.21 bits per heavy atom. The molecule has 2 rings (SSSR count). The summed E-state index contributed by atoms with van der Waals surface area (Å²) in [5.41, 5.74) is 12.0. The molecule has 1 aromatic heterocycles. The summed E-state index contributed by atoms with van der Waals surface area (Å²) in [5, 5.41) is 0. The Labute approximate surface area is 82.7 Å². The average Bonchev–Trinajstić information content (AvgIpc) is 2.18. The van der Waals surface area contributed by atoms with Gasteiger partial charge in [-0.3, -0.25) is 0 Å². The van der Waals surface area contributed by atoms with Crippen LogP contribution in [0, 0.1) is 0 Å². The van der Waals surface area contributed by atoms with E-state index in [0.717, 1.165) is 32.1 Å². The number of aromatic nitrogens is 1. The summed E-state index contributed by atoms with van der Waals surface area (Å²) in [7, 11) is 0. The lowest BCUT2D eigenvalue weighted by molar-refractivity contribution is 0.122. The van der Waals surface area contributed by atoms with Gasteiger partial charge in [0.05, 0.1) is 13.2 Å². The summed E-state index contributed by atoms with van der Waals surface area (Å²) in [4.78, 5) is 6.35. The topological polar surface area (TPSA) is 77.4 Å². The Hall–Kier alpha value is -1.49. The molecular weight excluding hydrogens is 180 g/mol. The minimum atomic E-state index is 0.464. The van der Waals surface area contributed by atoms with Crippen molar-refractivity contribution in [2.75, 3.05) is 42.7 Å². The Balaban J connectivity index is 2.21. The summed E-state index contributed by atoms with van der Waals surface area (Å²) in [6, 6.07) is 3.49. The number of anilines is 3. The van der Waals surface area contributed by atoms with Gasteiger partial charge in [-0.2, -0.15) is 0 Å². The Kier molecular flexibility index (Phi) is 2.41. The van der Waals surface area contributed by atoms with Crippen molar-refractivity contribution in [3.8, 4) is 0 Å². The monoisotopic (exact) mass is 194 g/mol. The van der Waals surface area contributed by atoms with Gasteiger partial charge in [-0.25, -0.2) is 4.98 Å². The predicted molar refractivity (Wildman–Crippen MR) is 56.1 cm³/mol. The van der Waals surface area contributed by atoms with Crippen molar-refractivity contribution in [3.05, 3.63) is 12.1 Å². The van der Waals surface area contributed by atoms with Gasteiger partial charge < -0.3 is 21.1 Å². The highest BCUT2D eigenvalue weighted by Crippen LogP contribution is 2.18. The molecule has 5 heteroatoms. The van der Waals surface area contributed by atoms with Crippen molar-refractivity contribution in [2.24, 2.45) is 0 Å². The number of nitrogens with two attached hydrogens (primary N) is 2. The maximum Gasteiger partial charge on any atom is 0.133 e. The van der Waals surface area contributed by atoms with Crippen molar-refractivity contribution in [1.29, 1.82) is 0 Å². The highest BCUT2D eigenvalue weighted by molar-refractivity contribution is 5.57. The zero-order valence-electron chi connectivity index (χ0n) is 7.94. The molecule has 1 aliphatic heterocycles. The van der Waals surface area contributed by atoms with Gasteiger partial charge >= 0.3 is 0 Å². The Morgan fingerprint density at radius 3 is 2.57 bits per heavy atom. The van der Waals surface area contributed by atoms with E-state index in [2.05, 4.69) is 9.88 Å². The van der Waals surface area contributed by atoms with Gasteiger partial charge in [-0.15, -0.1) is 0 Å². The molecule has 1 aliphatic rings. The van der Waals surface area contributed by atoms with Crippen LogP contribution in [0.5, 0.6) is 0 Å². The fourth-order valence-corrected chi connectivity index (χ4v) is 1.51. The van der Waals surface area contributed by atoms with Crippen molar-refractivity contribution in [3.63, 3.8) is 0 Å². The van der Waals surface area contributed by atoms with E-state index in [9.17, 15) is 0 Å².